The number of benzene rings is 1. The van der Waals surface area contributed by atoms with Crippen LogP contribution in [0.3, 0.4) is 0 Å². The summed E-state index contributed by atoms with van der Waals surface area (Å²) >= 11 is 5.80. The van der Waals surface area contributed by atoms with Crippen LogP contribution in [-0.4, -0.2) is 48.2 Å². The van der Waals surface area contributed by atoms with Crippen molar-refractivity contribution >= 4 is 29.6 Å². The first-order chi connectivity index (χ1) is 10.4. The molecule has 0 saturated heterocycles. The lowest BCUT2D eigenvalue weighted by Gasteiger charge is -2.22. The molecule has 1 aromatic carbocycles. The number of ether oxygens (including phenoxy) is 1. The lowest BCUT2D eigenvalue weighted by atomic mass is 10.2. The van der Waals surface area contributed by atoms with E-state index >= 15 is 0 Å². The summed E-state index contributed by atoms with van der Waals surface area (Å²) in [5, 5.41) is 10.1. The van der Waals surface area contributed by atoms with Crippen LogP contribution in [0.2, 0.25) is 5.02 Å². The van der Waals surface area contributed by atoms with Crippen molar-refractivity contribution in [1.29, 1.82) is 0 Å². The van der Waals surface area contributed by atoms with Gasteiger partial charge < -0.3 is 14.7 Å². The number of methoxy groups -OCH3 is 1. The summed E-state index contributed by atoms with van der Waals surface area (Å²) in [5.74, 6) is -0.676. The molecule has 0 fully saturated rings. The number of esters is 1. The average molecular weight is 326 g/mol. The van der Waals surface area contributed by atoms with Crippen molar-refractivity contribution in [3.05, 3.63) is 40.9 Å². The molecule has 1 rings (SSSR count). The number of hydrogen-bond donors (Lipinski definition) is 1. The predicted octanol–water partition coefficient (Wildman–Crippen LogP) is 2.13. The van der Waals surface area contributed by atoms with Gasteiger partial charge in [0.05, 0.1) is 19.6 Å². The van der Waals surface area contributed by atoms with Crippen LogP contribution in [0.5, 0.6) is 0 Å². The van der Waals surface area contributed by atoms with Gasteiger partial charge in [-0.15, -0.1) is 0 Å². The second-order valence-electron chi connectivity index (χ2n) is 4.84. The summed E-state index contributed by atoms with van der Waals surface area (Å²) in [6.45, 7) is 1.93. The van der Waals surface area contributed by atoms with Crippen LogP contribution in [0.15, 0.2) is 30.3 Å². The third-order valence-corrected chi connectivity index (χ3v) is 3.15. The molecular weight excluding hydrogens is 306 g/mol. The summed E-state index contributed by atoms with van der Waals surface area (Å²) < 4.78 is 4.56. The molecule has 1 N–H and O–H groups in total. The summed E-state index contributed by atoms with van der Waals surface area (Å²) in [5.41, 5.74) is 0.836. The molecule has 0 aliphatic carbocycles. The second-order valence-corrected chi connectivity index (χ2v) is 5.28. The van der Waals surface area contributed by atoms with Gasteiger partial charge in [-0.2, -0.15) is 0 Å². The molecule has 0 heterocycles. The minimum Gasteiger partial charge on any atom is -0.469 e. The first-order valence-electron chi connectivity index (χ1n) is 6.90. The molecular formula is C16H20ClNO4. The van der Waals surface area contributed by atoms with Crippen LogP contribution in [0.25, 0.3) is 6.08 Å². The lowest BCUT2D eigenvalue weighted by Crippen LogP contribution is -2.37. The number of halogens is 1. The Morgan fingerprint density at radius 1 is 1.36 bits per heavy atom. The van der Waals surface area contributed by atoms with Gasteiger partial charge in [0.25, 0.3) is 0 Å². The molecule has 0 spiro atoms. The highest BCUT2D eigenvalue weighted by atomic mass is 35.5. The Labute approximate surface area is 135 Å². The number of carbonyl (C=O) groups is 2. The number of carbonyl (C=O) groups excluding carboxylic acids is 2. The summed E-state index contributed by atoms with van der Waals surface area (Å²) in [7, 11) is 1.30. The summed E-state index contributed by atoms with van der Waals surface area (Å²) in [6, 6.07) is 7.05. The maximum atomic E-state index is 12.2. The number of rotatable bonds is 7. The third kappa shape index (κ3) is 6.74. The average Bonchev–Trinajstić information content (AvgIpc) is 2.49. The topological polar surface area (TPSA) is 66.8 Å². The second kappa shape index (κ2) is 9.23. The SMILES string of the molecule is COC(=O)CCN(CC(C)O)C(=O)/C=C/c1ccc(Cl)cc1. The molecule has 0 aliphatic heterocycles. The van der Waals surface area contributed by atoms with E-state index in [1.165, 1.54) is 18.1 Å². The molecule has 1 amide bonds. The van der Waals surface area contributed by atoms with Gasteiger partial charge in [-0.1, -0.05) is 23.7 Å². The molecule has 22 heavy (non-hydrogen) atoms. The van der Waals surface area contributed by atoms with Gasteiger partial charge in [0.1, 0.15) is 0 Å². The maximum Gasteiger partial charge on any atom is 0.307 e. The van der Waals surface area contributed by atoms with E-state index in [4.69, 9.17) is 11.6 Å². The quantitative estimate of drug-likeness (QED) is 0.616. The van der Waals surface area contributed by atoms with Crippen molar-refractivity contribution in [2.45, 2.75) is 19.4 Å². The molecule has 1 unspecified atom stereocenters. The van der Waals surface area contributed by atoms with Gasteiger partial charge in [-0.05, 0) is 30.7 Å². The summed E-state index contributed by atoms with van der Waals surface area (Å²) in [6.07, 6.45) is 2.48. The van der Waals surface area contributed by atoms with Crippen molar-refractivity contribution < 1.29 is 19.4 Å². The minimum absolute atomic E-state index is 0.0870. The molecule has 0 saturated carbocycles. The lowest BCUT2D eigenvalue weighted by molar-refractivity contribution is -0.141. The molecule has 1 aromatic rings. The Balaban J connectivity index is 2.69. The first kappa shape index (κ1) is 18.2. The monoisotopic (exact) mass is 325 g/mol. The Hall–Kier alpha value is -1.85. The Kier molecular flexibility index (Phi) is 7.63. The fourth-order valence-electron chi connectivity index (χ4n) is 1.79. The van der Waals surface area contributed by atoms with E-state index in [0.29, 0.717) is 5.02 Å². The van der Waals surface area contributed by atoms with Gasteiger partial charge in [-0.25, -0.2) is 0 Å². The van der Waals surface area contributed by atoms with E-state index < -0.39 is 12.1 Å². The van der Waals surface area contributed by atoms with E-state index in [0.717, 1.165) is 5.56 Å². The van der Waals surface area contributed by atoms with E-state index in [1.54, 1.807) is 37.3 Å². The first-order valence-corrected chi connectivity index (χ1v) is 7.27. The Morgan fingerprint density at radius 3 is 2.55 bits per heavy atom. The Morgan fingerprint density at radius 2 is 2.00 bits per heavy atom. The van der Waals surface area contributed by atoms with Gasteiger partial charge in [-0.3, -0.25) is 9.59 Å². The smallest absolute Gasteiger partial charge is 0.307 e. The fourth-order valence-corrected chi connectivity index (χ4v) is 1.91. The van der Waals surface area contributed by atoms with E-state index in [1.807, 2.05) is 0 Å². The van der Waals surface area contributed by atoms with E-state index in [9.17, 15) is 14.7 Å². The highest BCUT2D eigenvalue weighted by Gasteiger charge is 2.15. The Bertz CT molecular complexity index is 525. The number of aliphatic hydroxyl groups is 1. The maximum absolute atomic E-state index is 12.2. The van der Waals surface area contributed by atoms with Crippen LogP contribution in [0, 0.1) is 0 Å². The molecule has 0 bridgehead atoms. The van der Waals surface area contributed by atoms with Crippen molar-refractivity contribution in [1.82, 2.24) is 4.90 Å². The number of amides is 1. The van der Waals surface area contributed by atoms with Crippen molar-refractivity contribution in [2.24, 2.45) is 0 Å². The van der Waals surface area contributed by atoms with Crippen molar-refractivity contribution in [3.8, 4) is 0 Å². The highest BCUT2D eigenvalue weighted by molar-refractivity contribution is 6.30. The van der Waals surface area contributed by atoms with Gasteiger partial charge in [0, 0.05) is 24.2 Å². The zero-order valence-corrected chi connectivity index (χ0v) is 13.4. The van der Waals surface area contributed by atoms with Crippen LogP contribution in [0.1, 0.15) is 18.9 Å². The standard InChI is InChI=1S/C16H20ClNO4/c1-12(19)11-18(10-9-16(21)22-2)15(20)8-5-13-3-6-14(17)7-4-13/h3-8,12,19H,9-11H2,1-2H3/b8-5+. The van der Waals surface area contributed by atoms with Crippen LogP contribution >= 0.6 is 11.6 Å². The largest absolute Gasteiger partial charge is 0.469 e. The highest BCUT2D eigenvalue weighted by Crippen LogP contribution is 2.11. The van der Waals surface area contributed by atoms with Gasteiger partial charge >= 0.3 is 5.97 Å². The third-order valence-electron chi connectivity index (χ3n) is 2.90. The fraction of sp³-hybridized carbons (Fsp3) is 0.375. The molecule has 120 valence electrons. The van der Waals surface area contributed by atoms with Crippen LogP contribution in [0.4, 0.5) is 0 Å². The summed E-state index contributed by atoms with van der Waals surface area (Å²) in [4.78, 5) is 24.8. The zero-order chi connectivity index (χ0) is 16.5. The van der Waals surface area contributed by atoms with Crippen LogP contribution < -0.4 is 0 Å². The molecule has 5 nitrogen and oxygen atoms in total. The normalized spacial score (nSPS) is 12.2. The minimum atomic E-state index is -0.675. The van der Waals surface area contributed by atoms with Gasteiger partial charge in [0.15, 0.2) is 0 Å². The molecule has 0 aromatic heterocycles. The molecule has 1 atom stereocenters. The van der Waals surface area contributed by atoms with E-state index in [2.05, 4.69) is 4.74 Å². The predicted molar refractivity (Wildman–Crippen MR) is 85.4 cm³/mol. The number of nitrogens with zero attached hydrogens (tertiary/aromatic N) is 1. The molecule has 0 aliphatic rings. The van der Waals surface area contributed by atoms with Gasteiger partial charge in [0.2, 0.25) is 5.91 Å². The van der Waals surface area contributed by atoms with E-state index in [-0.39, 0.29) is 25.4 Å². The number of aliphatic hydroxyl groups excluding tert-OH is 1. The van der Waals surface area contributed by atoms with Crippen LogP contribution in [-0.2, 0) is 14.3 Å². The van der Waals surface area contributed by atoms with Crippen molar-refractivity contribution in [2.75, 3.05) is 20.2 Å². The molecule has 6 heteroatoms. The number of hydrogen-bond acceptors (Lipinski definition) is 4. The molecule has 0 radical (unpaired) electrons. The zero-order valence-electron chi connectivity index (χ0n) is 12.7. The van der Waals surface area contributed by atoms with Crippen molar-refractivity contribution in [3.63, 3.8) is 0 Å².